The van der Waals surface area contributed by atoms with Gasteiger partial charge < -0.3 is 10.2 Å². The van der Waals surface area contributed by atoms with Gasteiger partial charge in [-0.05, 0) is 30.5 Å². The van der Waals surface area contributed by atoms with E-state index in [4.69, 9.17) is 0 Å². The number of amides is 2. The normalized spacial score (nSPS) is 18.0. The van der Waals surface area contributed by atoms with Crippen LogP contribution in [0.25, 0.3) is 0 Å². The average Bonchev–Trinajstić information content (AvgIpc) is 2.89. The Morgan fingerprint density at radius 3 is 2.58 bits per heavy atom. The standard InChI is InChI=1S/C18H27N3O4S/c1-12(2)10-21-11-14(8-17(21)22)18(23)19-16-9-15(7-6-13(16)3)26(24,25)20(4)5/h6-7,9,12,14H,8,10-11H2,1-5H3,(H,19,23). The lowest BCUT2D eigenvalue weighted by Gasteiger charge is -2.19. The molecular weight excluding hydrogens is 354 g/mol. The number of nitrogens with zero attached hydrogens (tertiary/aromatic N) is 2. The first-order valence-electron chi connectivity index (χ1n) is 8.64. The number of carbonyl (C=O) groups is 2. The first-order valence-corrected chi connectivity index (χ1v) is 10.1. The minimum absolute atomic E-state index is 0.0143. The Labute approximate surface area is 155 Å². The van der Waals surface area contributed by atoms with Crippen molar-refractivity contribution in [2.24, 2.45) is 11.8 Å². The molecule has 0 saturated carbocycles. The van der Waals surface area contributed by atoms with Crippen LogP contribution in [0.3, 0.4) is 0 Å². The lowest BCUT2D eigenvalue weighted by atomic mass is 10.1. The van der Waals surface area contributed by atoms with Crippen molar-refractivity contribution in [1.29, 1.82) is 0 Å². The molecule has 0 radical (unpaired) electrons. The zero-order valence-corrected chi connectivity index (χ0v) is 16.8. The number of anilines is 1. The summed E-state index contributed by atoms with van der Waals surface area (Å²) in [4.78, 5) is 26.5. The van der Waals surface area contributed by atoms with Gasteiger partial charge in [0.2, 0.25) is 21.8 Å². The summed E-state index contributed by atoms with van der Waals surface area (Å²) >= 11 is 0. The molecule has 1 unspecified atom stereocenters. The van der Waals surface area contributed by atoms with E-state index >= 15 is 0 Å². The summed E-state index contributed by atoms with van der Waals surface area (Å²) in [6.45, 7) is 6.89. The van der Waals surface area contributed by atoms with E-state index < -0.39 is 15.9 Å². The summed E-state index contributed by atoms with van der Waals surface area (Å²) in [7, 11) is -0.664. The molecule has 1 fully saturated rings. The third-order valence-electron chi connectivity index (χ3n) is 4.42. The molecule has 1 aliphatic rings. The van der Waals surface area contributed by atoms with Crippen LogP contribution in [0, 0.1) is 18.8 Å². The van der Waals surface area contributed by atoms with E-state index in [2.05, 4.69) is 5.32 Å². The van der Waals surface area contributed by atoms with Crippen LogP contribution in [0.1, 0.15) is 25.8 Å². The molecule has 1 saturated heterocycles. The lowest BCUT2D eigenvalue weighted by molar-refractivity contribution is -0.128. The number of carbonyl (C=O) groups excluding carboxylic acids is 2. The monoisotopic (exact) mass is 381 g/mol. The highest BCUT2D eigenvalue weighted by molar-refractivity contribution is 7.89. The van der Waals surface area contributed by atoms with Crippen LogP contribution >= 0.6 is 0 Å². The molecule has 1 heterocycles. The van der Waals surface area contributed by atoms with Gasteiger partial charge in [-0.3, -0.25) is 9.59 Å². The second-order valence-corrected chi connectivity index (χ2v) is 9.50. The minimum atomic E-state index is -3.58. The molecule has 0 aromatic heterocycles. The van der Waals surface area contributed by atoms with Crippen LogP contribution in [0.15, 0.2) is 23.1 Å². The Balaban J connectivity index is 2.16. The molecule has 7 nitrogen and oxygen atoms in total. The molecule has 2 amide bonds. The summed E-state index contributed by atoms with van der Waals surface area (Å²) in [5, 5.41) is 2.80. The molecule has 144 valence electrons. The predicted octanol–water partition coefficient (Wildman–Crippen LogP) is 1.69. The maximum atomic E-state index is 12.6. The summed E-state index contributed by atoms with van der Waals surface area (Å²) in [5.74, 6) is -0.350. The number of nitrogens with one attached hydrogen (secondary N) is 1. The minimum Gasteiger partial charge on any atom is -0.342 e. The SMILES string of the molecule is Cc1ccc(S(=O)(=O)N(C)C)cc1NC(=O)C1CC(=O)N(CC(C)C)C1. The first-order chi connectivity index (χ1) is 12.0. The number of hydrogen-bond acceptors (Lipinski definition) is 4. The van der Waals surface area contributed by atoms with Crippen LogP contribution in [0.2, 0.25) is 0 Å². The second kappa shape index (κ2) is 7.75. The van der Waals surface area contributed by atoms with Gasteiger partial charge in [0.05, 0.1) is 10.8 Å². The van der Waals surface area contributed by atoms with E-state index in [9.17, 15) is 18.0 Å². The Bertz CT molecular complexity index is 803. The van der Waals surface area contributed by atoms with E-state index in [0.717, 1.165) is 9.87 Å². The van der Waals surface area contributed by atoms with Crippen molar-refractivity contribution >= 4 is 27.5 Å². The van der Waals surface area contributed by atoms with Crippen LogP contribution < -0.4 is 5.32 Å². The quantitative estimate of drug-likeness (QED) is 0.812. The van der Waals surface area contributed by atoms with Crippen LogP contribution in [-0.2, 0) is 19.6 Å². The van der Waals surface area contributed by atoms with Gasteiger partial charge in [-0.25, -0.2) is 12.7 Å². The zero-order valence-electron chi connectivity index (χ0n) is 15.9. The maximum Gasteiger partial charge on any atom is 0.242 e. The summed E-state index contributed by atoms with van der Waals surface area (Å²) in [5.41, 5.74) is 1.21. The third-order valence-corrected chi connectivity index (χ3v) is 6.23. The van der Waals surface area contributed by atoms with E-state index in [1.54, 1.807) is 17.9 Å². The van der Waals surface area contributed by atoms with E-state index in [0.29, 0.717) is 24.7 Å². The largest absolute Gasteiger partial charge is 0.342 e. The highest BCUT2D eigenvalue weighted by Gasteiger charge is 2.34. The van der Waals surface area contributed by atoms with Crippen molar-refractivity contribution in [3.8, 4) is 0 Å². The molecule has 26 heavy (non-hydrogen) atoms. The molecule has 8 heteroatoms. The van der Waals surface area contributed by atoms with Gasteiger partial charge in [-0.1, -0.05) is 19.9 Å². The smallest absolute Gasteiger partial charge is 0.242 e. The van der Waals surface area contributed by atoms with Gasteiger partial charge in [-0.2, -0.15) is 0 Å². The number of benzene rings is 1. The fraction of sp³-hybridized carbons (Fsp3) is 0.556. The number of rotatable bonds is 6. The molecule has 1 aromatic carbocycles. The topological polar surface area (TPSA) is 86.8 Å². The third kappa shape index (κ3) is 4.42. The van der Waals surface area contributed by atoms with E-state index in [-0.39, 0.29) is 23.1 Å². The second-order valence-electron chi connectivity index (χ2n) is 7.35. The molecule has 1 aliphatic heterocycles. The van der Waals surface area contributed by atoms with Crippen molar-refractivity contribution < 1.29 is 18.0 Å². The van der Waals surface area contributed by atoms with Gasteiger partial charge in [0.15, 0.2) is 0 Å². The molecule has 1 N–H and O–H groups in total. The highest BCUT2D eigenvalue weighted by atomic mass is 32.2. The Kier molecular flexibility index (Phi) is 6.08. The number of likely N-dealkylation sites (tertiary alicyclic amines) is 1. The Morgan fingerprint density at radius 1 is 1.35 bits per heavy atom. The lowest BCUT2D eigenvalue weighted by Crippen LogP contribution is -2.31. The van der Waals surface area contributed by atoms with Crippen LogP contribution in [0.5, 0.6) is 0 Å². The van der Waals surface area contributed by atoms with Crippen molar-refractivity contribution in [3.63, 3.8) is 0 Å². The highest BCUT2D eigenvalue weighted by Crippen LogP contribution is 2.25. The zero-order chi connectivity index (χ0) is 19.6. The number of sulfonamides is 1. The van der Waals surface area contributed by atoms with Crippen LogP contribution in [0.4, 0.5) is 5.69 Å². The molecule has 1 aromatic rings. The van der Waals surface area contributed by atoms with Gasteiger partial charge in [-0.15, -0.1) is 0 Å². The van der Waals surface area contributed by atoms with E-state index in [1.807, 2.05) is 13.8 Å². The summed E-state index contributed by atoms with van der Waals surface area (Å²) in [6.07, 6.45) is 0.188. The van der Waals surface area contributed by atoms with E-state index in [1.165, 1.54) is 26.2 Å². The Morgan fingerprint density at radius 2 is 2.00 bits per heavy atom. The van der Waals surface area contributed by atoms with Crippen molar-refractivity contribution in [2.45, 2.75) is 32.1 Å². The molecule has 0 spiro atoms. The van der Waals surface area contributed by atoms with Crippen molar-refractivity contribution in [1.82, 2.24) is 9.21 Å². The molecule has 0 aliphatic carbocycles. The fourth-order valence-electron chi connectivity index (χ4n) is 2.91. The summed E-state index contributed by atoms with van der Waals surface area (Å²) in [6, 6.07) is 4.64. The van der Waals surface area contributed by atoms with Crippen molar-refractivity contribution in [3.05, 3.63) is 23.8 Å². The van der Waals surface area contributed by atoms with Gasteiger partial charge in [0.25, 0.3) is 0 Å². The van der Waals surface area contributed by atoms with Gasteiger partial charge in [0, 0.05) is 39.3 Å². The maximum absolute atomic E-state index is 12.6. The fourth-order valence-corrected chi connectivity index (χ4v) is 3.84. The molecular formula is C18H27N3O4S. The number of aryl methyl sites for hydroxylation is 1. The molecule has 0 bridgehead atoms. The molecule has 2 rings (SSSR count). The summed E-state index contributed by atoms with van der Waals surface area (Å²) < 4.78 is 25.7. The Hall–Kier alpha value is -1.93. The van der Waals surface area contributed by atoms with Gasteiger partial charge >= 0.3 is 0 Å². The van der Waals surface area contributed by atoms with Crippen molar-refractivity contribution in [2.75, 3.05) is 32.5 Å². The average molecular weight is 381 g/mol. The van der Waals surface area contributed by atoms with Gasteiger partial charge in [0.1, 0.15) is 0 Å². The predicted molar refractivity (Wildman–Crippen MR) is 100 cm³/mol. The van der Waals surface area contributed by atoms with Crippen LogP contribution in [-0.4, -0.2) is 56.6 Å². The first kappa shape index (κ1) is 20.4. The molecule has 1 atom stereocenters. The number of hydrogen-bond donors (Lipinski definition) is 1.